The van der Waals surface area contributed by atoms with Gasteiger partial charge in [-0.15, -0.1) is 0 Å². The normalized spacial score (nSPS) is 17.6. The van der Waals surface area contributed by atoms with E-state index in [1.807, 2.05) is 0 Å². The molecule has 2 rings (SSSR count). The van der Waals surface area contributed by atoms with Crippen LogP contribution in [-0.2, 0) is 9.84 Å². The molecule has 0 unspecified atom stereocenters. The average Bonchev–Trinajstić information content (AvgIpc) is 2.47. The summed E-state index contributed by atoms with van der Waals surface area (Å²) in [5.74, 6) is -0.634. The average molecular weight is 172 g/mol. The molecular formula is C7H5FO2S. The van der Waals surface area contributed by atoms with Crippen molar-refractivity contribution in [3.63, 3.8) is 0 Å². The van der Waals surface area contributed by atoms with Crippen LogP contribution in [-0.4, -0.2) is 8.42 Å². The number of fused-ring (bicyclic) bond motifs is 1. The van der Waals surface area contributed by atoms with E-state index in [9.17, 15) is 12.8 Å². The van der Waals surface area contributed by atoms with Crippen LogP contribution in [0, 0.1) is 12.7 Å². The number of benzene rings is 1. The summed E-state index contributed by atoms with van der Waals surface area (Å²) in [7, 11) is -3.31. The Kier molecular flexibility index (Phi) is 1.01. The summed E-state index contributed by atoms with van der Waals surface area (Å²) in [5.41, 5.74) is 0.626. The van der Waals surface area contributed by atoms with Crippen molar-refractivity contribution in [3.8, 4) is 0 Å². The van der Waals surface area contributed by atoms with Gasteiger partial charge in [0.05, 0.1) is 4.90 Å². The second-order valence-electron chi connectivity index (χ2n) is 2.53. The summed E-state index contributed by atoms with van der Waals surface area (Å²) >= 11 is 0. The zero-order valence-electron chi connectivity index (χ0n) is 5.76. The third-order valence-electron chi connectivity index (χ3n) is 1.76. The fraction of sp³-hybridized carbons (Fsp3) is 0.143. The zero-order chi connectivity index (χ0) is 8.22. The summed E-state index contributed by atoms with van der Waals surface area (Å²) in [6.45, 7) is 1.66. The van der Waals surface area contributed by atoms with Crippen molar-refractivity contribution in [2.24, 2.45) is 0 Å². The molecule has 0 radical (unpaired) electrons. The third-order valence-corrected chi connectivity index (χ3v) is 3.55. The van der Waals surface area contributed by atoms with Crippen molar-refractivity contribution in [1.29, 1.82) is 0 Å². The minimum absolute atomic E-state index is 0.113. The molecule has 4 heteroatoms. The first-order chi connectivity index (χ1) is 5.05. The van der Waals surface area contributed by atoms with E-state index in [1.165, 1.54) is 12.1 Å². The fourth-order valence-corrected chi connectivity index (χ4v) is 2.84. The number of rotatable bonds is 0. The molecule has 2 nitrogen and oxygen atoms in total. The van der Waals surface area contributed by atoms with Crippen LogP contribution in [0.1, 0.15) is 5.56 Å². The molecule has 1 aliphatic heterocycles. The molecule has 0 spiro atoms. The zero-order valence-corrected chi connectivity index (χ0v) is 6.57. The molecule has 0 atom stereocenters. The standard InChI is InChI=1S/C7H5FO2S/c1-4-2-3-5(8)7-6(4)11(7,9)10/h2-3H,1H3. The van der Waals surface area contributed by atoms with Gasteiger partial charge in [-0.2, -0.15) is 0 Å². The minimum Gasteiger partial charge on any atom is -0.218 e. The van der Waals surface area contributed by atoms with Crippen molar-refractivity contribution in [2.75, 3.05) is 0 Å². The van der Waals surface area contributed by atoms with E-state index >= 15 is 0 Å². The Labute approximate surface area is 63.6 Å². The van der Waals surface area contributed by atoms with E-state index in [4.69, 9.17) is 0 Å². The van der Waals surface area contributed by atoms with Crippen molar-refractivity contribution in [1.82, 2.24) is 0 Å². The quantitative estimate of drug-likeness (QED) is 0.561. The van der Waals surface area contributed by atoms with Gasteiger partial charge in [-0.25, -0.2) is 12.8 Å². The summed E-state index contributed by atoms with van der Waals surface area (Å²) in [4.78, 5) is 0.0648. The minimum atomic E-state index is -3.31. The summed E-state index contributed by atoms with van der Waals surface area (Å²) < 4.78 is 34.5. The van der Waals surface area contributed by atoms with E-state index in [2.05, 4.69) is 0 Å². The molecule has 0 saturated carbocycles. The first-order valence-corrected chi connectivity index (χ1v) is 4.57. The predicted octanol–water partition coefficient (Wildman–Crippen LogP) is 1.28. The first kappa shape index (κ1) is 6.79. The van der Waals surface area contributed by atoms with Crippen molar-refractivity contribution in [2.45, 2.75) is 16.7 Å². The van der Waals surface area contributed by atoms with Crippen molar-refractivity contribution < 1.29 is 12.8 Å². The summed E-state index contributed by atoms with van der Waals surface area (Å²) in [6, 6.07) is 2.65. The first-order valence-electron chi connectivity index (χ1n) is 3.09. The Hall–Kier alpha value is -0.900. The van der Waals surface area contributed by atoms with Gasteiger partial charge in [0, 0.05) is 0 Å². The van der Waals surface area contributed by atoms with Crippen LogP contribution in [0.5, 0.6) is 0 Å². The maximum Gasteiger partial charge on any atom is 0.212 e. The van der Waals surface area contributed by atoms with Gasteiger partial charge >= 0.3 is 0 Å². The number of hydrogen-bond donors (Lipinski definition) is 0. The molecule has 1 aromatic carbocycles. The number of aryl methyl sites for hydroxylation is 1. The van der Waals surface area contributed by atoms with Crippen molar-refractivity contribution in [3.05, 3.63) is 23.5 Å². The molecule has 1 aliphatic rings. The highest BCUT2D eigenvalue weighted by molar-refractivity contribution is 7.97. The Balaban J connectivity index is 2.88. The number of hydrogen-bond acceptors (Lipinski definition) is 2. The maximum absolute atomic E-state index is 12.7. The van der Waals surface area contributed by atoms with E-state index in [1.54, 1.807) is 6.92 Å². The predicted molar refractivity (Wildman–Crippen MR) is 36.6 cm³/mol. The Morgan fingerprint density at radius 3 is 2.45 bits per heavy atom. The smallest absolute Gasteiger partial charge is 0.212 e. The molecule has 1 heterocycles. The molecule has 0 fully saturated rings. The maximum atomic E-state index is 12.7. The van der Waals surface area contributed by atoms with Crippen LogP contribution in [0.4, 0.5) is 4.39 Å². The molecule has 0 saturated heterocycles. The lowest BCUT2D eigenvalue weighted by atomic mass is 10.2. The lowest BCUT2D eigenvalue weighted by molar-refractivity contribution is 0.589. The Morgan fingerprint density at radius 1 is 1.27 bits per heavy atom. The lowest BCUT2D eigenvalue weighted by Crippen LogP contribution is -1.71. The van der Waals surface area contributed by atoms with Crippen LogP contribution in [0.3, 0.4) is 0 Å². The second-order valence-corrected chi connectivity index (χ2v) is 4.35. The van der Waals surface area contributed by atoms with Crippen LogP contribution in [0.25, 0.3) is 0 Å². The second kappa shape index (κ2) is 1.64. The van der Waals surface area contributed by atoms with E-state index < -0.39 is 15.7 Å². The van der Waals surface area contributed by atoms with Crippen LogP contribution >= 0.6 is 0 Å². The Morgan fingerprint density at radius 2 is 1.91 bits per heavy atom. The molecule has 11 heavy (non-hydrogen) atoms. The van der Waals surface area contributed by atoms with Gasteiger partial charge in [0.25, 0.3) is 0 Å². The van der Waals surface area contributed by atoms with Crippen molar-refractivity contribution >= 4 is 9.84 Å². The monoisotopic (exact) mass is 172 g/mol. The fourth-order valence-electron chi connectivity index (χ4n) is 1.17. The van der Waals surface area contributed by atoms with Gasteiger partial charge in [0.1, 0.15) is 10.7 Å². The highest BCUT2D eigenvalue weighted by Crippen LogP contribution is 2.44. The molecule has 58 valence electrons. The number of sulfone groups is 1. The molecule has 0 amide bonds. The van der Waals surface area contributed by atoms with E-state index in [0.717, 1.165) is 0 Å². The molecule has 0 aliphatic carbocycles. The van der Waals surface area contributed by atoms with Gasteiger partial charge in [-0.1, -0.05) is 6.07 Å². The Bertz CT molecular complexity index is 399. The molecule has 1 aromatic rings. The number of halogens is 1. The molecule has 0 bridgehead atoms. The van der Waals surface area contributed by atoms with E-state index in [0.29, 0.717) is 5.56 Å². The van der Waals surface area contributed by atoms with Crippen LogP contribution in [0.2, 0.25) is 0 Å². The van der Waals surface area contributed by atoms with Gasteiger partial charge < -0.3 is 0 Å². The largest absolute Gasteiger partial charge is 0.218 e. The SMILES string of the molecule is Cc1ccc(F)c2c1S2(=O)=O. The van der Waals surface area contributed by atoms with Gasteiger partial charge in [0.15, 0.2) is 0 Å². The highest BCUT2D eigenvalue weighted by Gasteiger charge is 2.44. The highest BCUT2D eigenvalue weighted by atomic mass is 32.2. The molecule has 0 aromatic heterocycles. The molecule has 0 N–H and O–H groups in total. The lowest BCUT2D eigenvalue weighted by Gasteiger charge is -1.82. The van der Waals surface area contributed by atoms with Crippen LogP contribution < -0.4 is 0 Å². The molecular weight excluding hydrogens is 167 g/mol. The third kappa shape index (κ3) is 0.673. The summed E-state index contributed by atoms with van der Waals surface area (Å²) in [6.07, 6.45) is 0. The van der Waals surface area contributed by atoms with E-state index in [-0.39, 0.29) is 9.79 Å². The van der Waals surface area contributed by atoms with Crippen LogP contribution in [0.15, 0.2) is 21.9 Å². The van der Waals surface area contributed by atoms with Gasteiger partial charge in [-0.3, -0.25) is 0 Å². The topological polar surface area (TPSA) is 34.1 Å². The van der Waals surface area contributed by atoms with Gasteiger partial charge in [-0.05, 0) is 18.6 Å². The van der Waals surface area contributed by atoms with Gasteiger partial charge in [0.2, 0.25) is 9.84 Å². The summed E-state index contributed by atoms with van der Waals surface area (Å²) in [5, 5.41) is 0.